The minimum Gasteiger partial charge on any atom is -0.398 e. The SMILES string of the molecule is NC(=CC=NC1CC1)c1cc(F)c(C=O)c(F)c1. The minimum atomic E-state index is -0.921. The van der Waals surface area contributed by atoms with E-state index in [2.05, 4.69) is 4.99 Å². The molecular formula is C13H12F2N2O. The van der Waals surface area contributed by atoms with Gasteiger partial charge in [-0.3, -0.25) is 9.79 Å². The van der Waals surface area contributed by atoms with Gasteiger partial charge in [-0.05, 0) is 31.1 Å². The van der Waals surface area contributed by atoms with Gasteiger partial charge in [0.15, 0.2) is 6.29 Å². The number of halogens is 2. The highest BCUT2D eigenvalue weighted by Gasteiger charge is 2.18. The first-order valence-electron chi connectivity index (χ1n) is 5.55. The van der Waals surface area contributed by atoms with Crippen molar-refractivity contribution in [2.45, 2.75) is 18.9 Å². The van der Waals surface area contributed by atoms with Crippen molar-refractivity contribution in [1.82, 2.24) is 0 Å². The van der Waals surface area contributed by atoms with E-state index in [1.54, 1.807) is 0 Å². The third-order valence-corrected chi connectivity index (χ3v) is 2.63. The normalized spacial score (nSPS) is 16.2. The summed E-state index contributed by atoms with van der Waals surface area (Å²) in [6.45, 7) is 0. The number of hydrogen-bond donors (Lipinski definition) is 1. The van der Waals surface area contributed by atoms with E-state index in [9.17, 15) is 13.6 Å². The first-order valence-corrected chi connectivity index (χ1v) is 5.55. The van der Waals surface area contributed by atoms with Crippen LogP contribution in [0, 0.1) is 11.6 Å². The Bertz CT molecular complexity index is 511. The lowest BCUT2D eigenvalue weighted by atomic mass is 10.1. The second-order valence-electron chi connectivity index (χ2n) is 4.12. The molecule has 2 rings (SSSR count). The number of aldehydes is 1. The molecule has 0 unspecified atom stereocenters. The summed E-state index contributed by atoms with van der Waals surface area (Å²) in [5.41, 5.74) is 5.49. The molecule has 1 aromatic rings. The van der Waals surface area contributed by atoms with Gasteiger partial charge in [0.25, 0.3) is 0 Å². The number of carbonyl (C=O) groups excluding carboxylic acids is 1. The number of allylic oxidation sites excluding steroid dienone is 1. The van der Waals surface area contributed by atoms with Gasteiger partial charge in [0.05, 0.1) is 11.6 Å². The quantitative estimate of drug-likeness (QED) is 0.658. The van der Waals surface area contributed by atoms with Crippen molar-refractivity contribution < 1.29 is 13.6 Å². The number of carbonyl (C=O) groups is 1. The second-order valence-corrected chi connectivity index (χ2v) is 4.12. The Labute approximate surface area is 103 Å². The molecule has 0 spiro atoms. The first-order chi connectivity index (χ1) is 8.61. The standard InChI is InChI=1S/C13H12F2N2O/c14-11-5-8(6-12(15)10(11)7-18)13(16)3-4-17-9-1-2-9/h3-7,9H,1-2,16H2. The molecule has 1 aliphatic carbocycles. The molecule has 0 bridgehead atoms. The Morgan fingerprint density at radius 3 is 2.44 bits per heavy atom. The van der Waals surface area contributed by atoms with Crippen LogP contribution in [0.15, 0.2) is 23.2 Å². The molecule has 3 nitrogen and oxygen atoms in total. The maximum absolute atomic E-state index is 13.3. The van der Waals surface area contributed by atoms with Gasteiger partial charge in [0.2, 0.25) is 0 Å². The van der Waals surface area contributed by atoms with Gasteiger partial charge in [-0.25, -0.2) is 8.78 Å². The van der Waals surface area contributed by atoms with Gasteiger partial charge in [0.1, 0.15) is 11.6 Å². The molecular weight excluding hydrogens is 238 g/mol. The van der Waals surface area contributed by atoms with Gasteiger partial charge in [-0.2, -0.15) is 0 Å². The lowest BCUT2D eigenvalue weighted by molar-refractivity contribution is 0.111. The molecule has 0 aliphatic heterocycles. The molecule has 0 amide bonds. The van der Waals surface area contributed by atoms with Crippen molar-refractivity contribution in [1.29, 1.82) is 0 Å². The molecule has 0 atom stereocenters. The highest BCUT2D eigenvalue weighted by atomic mass is 19.1. The minimum absolute atomic E-state index is 0.142. The van der Waals surface area contributed by atoms with Gasteiger partial charge < -0.3 is 5.73 Å². The monoisotopic (exact) mass is 250 g/mol. The summed E-state index contributed by atoms with van der Waals surface area (Å²) in [7, 11) is 0. The van der Waals surface area contributed by atoms with Crippen LogP contribution in [0.2, 0.25) is 0 Å². The van der Waals surface area contributed by atoms with E-state index in [-0.39, 0.29) is 17.5 Å². The molecule has 1 aliphatic rings. The predicted octanol–water partition coefficient (Wildman–Crippen LogP) is 2.31. The van der Waals surface area contributed by atoms with Crippen molar-refractivity contribution in [2.24, 2.45) is 10.7 Å². The van der Waals surface area contributed by atoms with Crippen LogP contribution >= 0.6 is 0 Å². The number of aliphatic imine (C=N–C) groups is 1. The highest BCUT2D eigenvalue weighted by Crippen LogP contribution is 2.23. The van der Waals surface area contributed by atoms with Gasteiger partial charge in [0, 0.05) is 17.5 Å². The fraction of sp³-hybridized carbons (Fsp3) is 0.231. The third kappa shape index (κ3) is 2.80. The van der Waals surface area contributed by atoms with Crippen LogP contribution in [0.4, 0.5) is 8.78 Å². The predicted molar refractivity (Wildman–Crippen MR) is 65.4 cm³/mol. The Kier molecular flexibility index (Phi) is 3.50. The second kappa shape index (κ2) is 5.08. The van der Waals surface area contributed by atoms with Crippen LogP contribution in [0.3, 0.4) is 0 Å². The Hall–Kier alpha value is -2.04. The zero-order chi connectivity index (χ0) is 13.1. The van der Waals surface area contributed by atoms with Crippen LogP contribution in [0.25, 0.3) is 5.70 Å². The summed E-state index contributed by atoms with van der Waals surface area (Å²) in [5.74, 6) is -1.84. The summed E-state index contributed by atoms with van der Waals surface area (Å²) in [6, 6.07) is 2.42. The fourth-order valence-electron chi connectivity index (χ4n) is 1.43. The molecule has 1 aromatic carbocycles. The first kappa shape index (κ1) is 12.4. The number of rotatable bonds is 4. The number of nitrogens with zero attached hydrogens (tertiary/aromatic N) is 1. The van der Waals surface area contributed by atoms with Gasteiger partial charge in [-0.15, -0.1) is 0 Å². The molecule has 0 saturated heterocycles. The molecule has 5 heteroatoms. The Morgan fingerprint density at radius 1 is 1.33 bits per heavy atom. The van der Waals surface area contributed by atoms with E-state index in [0.29, 0.717) is 6.04 Å². The van der Waals surface area contributed by atoms with Crippen molar-refractivity contribution in [3.8, 4) is 0 Å². The zero-order valence-corrected chi connectivity index (χ0v) is 9.57. The van der Waals surface area contributed by atoms with E-state index in [1.165, 1.54) is 12.3 Å². The third-order valence-electron chi connectivity index (χ3n) is 2.63. The van der Waals surface area contributed by atoms with Crippen LogP contribution in [-0.2, 0) is 0 Å². The average molecular weight is 250 g/mol. The summed E-state index contributed by atoms with van der Waals surface area (Å²) in [4.78, 5) is 14.6. The maximum atomic E-state index is 13.3. The molecule has 0 heterocycles. The molecule has 1 fully saturated rings. The average Bonchev–Trinajstić information content (AvgIpc) is 3.12. The van der Waals surface area contributed by atoms with E-state index < -0.39 is 17.2 Å². The number of nitrogens with two attached hydrogens (primary N) is 1. The summed E-state index contributed by atoms with van der Waals surface area (Å²) < 4.78 is 26.7. The molecule has 1 saturated carbocycles. The van der Waals surface area contributed by atoms with E-state index >= 15 is 0 Å². The molecule has 2 N–H and O–H groups in total. The largest absolute Gasteiger partial charge is 0.398 e. The van der Waals surface area contributed by atoms with Crippen molar-refractivity contribution >= 4 is 18.2 Å². The van der Waals surface area contributed by atoms with E-state index in [4.69, 9.17) is 5.73 Å². The molecule has 0 aromatic heterocycles. The number of hydrogen-bond acceptors (Lipinski definition) is 3. The molecule has 94 valence electrons. The lowest BCUT2D eigenvalue weighted by Crippen LogP contribution is -2.02. The number of benzene rings is 1. The summed E-state index contributed by atoms with van der Waals surface area (Å²) >= 11 is 0. The van der Waals surface area contributed by atoms with Crippen LogP contribution < -0.4 is 5.73 Å². The van der Waals surface area contributed by atoms with Crippen molar-refractivity contribution in [2.75, 3.05) is 0 Å². The van der Waals surface area contributed by atoms with Gasteiger partial charge >= 0.3 is 0 Å². The summed E-state index contributed by atoms with van der Waals surface area (Å²) in [5, 5.41) is 0. The van der Waals surface area contributed by atoms with Gasteiger partial charge in [-0.1, -0.05) is 0 Å². The van der Waals surface area contributed by atoms with Crippen molar-refractivity contribution in [3.05, 3.63) is 41.0 Å². The molecule has 18 heavy (non-hydrogen) atoms. The van der Waals surface area contributed by atoms with Crippen LogP contribution in [-0.4, -0.2) is 18.5 Å². The Morgan fingerprint density at radius 2 is 1.94 bits per heavy atom. The van der Waals surface area contributed by atoms with Crippen LogP contribution in [0.5, 0.6) is 0 Å². The topological polar surface area (TPSA) is 55.4 Å². The lowest BCUT2D eigenvalue weighted by Gasteiger charge is -2.03. The molecule has 0 radical (unpaired) electrons. The maximum Gasteiger partial charge on any atom is 0.155 e. The van der Waals surface area contributed by atoms with Crippen LogP contribution in [0.1, 0.15) is 28.8 Å². The van der Waals surface area contributed by atoms with Crippen molar-refractivity contribution in [3.63, 3.8) is 0 Å². The zero-order valence-electron chi connectivity index (χ0n) is 9.57. The van der Waals surface area contributed by atoms with E-state index in [0.717, 1.165) is 25.0 Å². The summed E-state index contributed by atoms with van der Waals surface area (Å²) in [6.07, 6.45) is 5.32. The smallest absolute Gasteiger partial charge is 0.155 e. The Balaban J connectivity index is 2.24. The van der Waals surface area contributed by atoms with E-state index in [1.807, 2.05) is 0 Å². The highest BCUT2D eigenvalue weighted by molar-refractivity contribution is 5.84. The fourth-order valence-corrected chi connectivity index (χ4v) is 1.43.